The van der Waals surface area contributed by atoms with Gasteiger partial charge in [0.2, 0.25) is 11.8 Å². The molecule has 2 heterocycles. The summed E-state index contributed by atoms with van der Waals surface area (Å²) in [4.78, 5) is 20.5. The summed E-state index contributed by atoms with van der Waals surface area (Å²) in [5.41, 5.74) is 1.92. The van der Waals surface area contributed by atoms with Crippen molar-refractivity contribution in [2.24, 2.45) is 0 Å². The smallest absolute Gasteiger partial charge is 0.422 e. The minimum Gasteiger partial charge on any atom is -0.468 e. The van der Waals surface area contributed by atoms with Crippen molar-refractivity contribution in [1.29, 1.82) is 0 Å². The Labute approximate surface area is 177 Å². The quantitative estimate of drug-likeness (QED) is 0.523. The van der Waals surface area contributed by atoms with Crippen LogP contribution in [0.2, 0.25) is 0 Å². The molecule has 0 fully saturated rings. The lowest BCUT2D eigenvalue weighted by molar-refractivity contribution is -0.154. The molecule has 1 aromatic carbocycles. The zero-order chi connectivity index (χ0) is 20.9. The van der Waals surface area contributed by atoms with E-state index in [1.54, 1.807) is 17.5 Å². The zero-order valence-electron chi connectivity index (χ0n) is 14.9. The number of alkyl halides is 3. The van der Waals surface area contributed by atoms with E-state index in [0.717, 1.165) is 15.0 Å². The molecule has 1 N–H and O–H groups in total. The van der Waals surface area contributed by atoms with Gasteiger partial charge in [-0.3, -0.25) is 4.79 Å². The molecule has 5 nitrogen and oxygen atoms in total. The molecule has 0 aliphatic carbocycles. The number of thiazole rings is 1. The molecule has 10 heteroatoms. The molecular weight excluding hydrogens is 471 g/mol. The van der Waals surface area contributed by atoms with Crippen LogP contribution in [0.3, 0.4) is 0 Å². The van der Waals surface area contributed by atoms with Crippen LogP contribution in [-0.2, 0) is 17.8 Å². The van der Waals surface area contributed by atoms with E-state index >= 15 is 0 Å². The maximum Gasteiger partial charge on any atom is 0.422 e. The van der Waals surface area contributed by atoms with Crippen molar-refractivity contribution in [3.05, 3.63) is 63.7 Å². The third-order valence-corrected chi connectivity index (χ3v) is 5.10. The summed E-state index contributed by atoms with van der Waals surface area (Å²) in [5, 5.41) is 5.26. The van der Waals surface area contributed by atoms with E-state index in [2.05, 4.69) is 31.2 Å². The molecule has 0 radical (unpaired) electrons. The second kappa shape index (κ2) is 9.36. The lowest BCUT2D eigenvalue weighted by Crippen LogP contribution is -2.26. The Hall–Kier alpha value is -2.46. The fraction of sp³-hybridized carbons (Fsp3) is 0.211. The number of benzene rings is 1. The van der Waals surface area contributed by atoms with Crippen molar-refractivity contribution >= 4 is 33.2 Å². The highest BCUT2D eigenvalue weighted by molar-refractivity contribution is 9.10. The largest absolute Gasteiger partial charge is 0.468 e. The predicted octanol–water partition coefficient (Wildman–Crippen LogP) is 4.77. The molecule has 0 spiro atoms. The molecule has 0 bridgehead atoms. The number of nitrogens with zero attached hydrogens (tertiary/aromatic N) is 2. The first-order valence-corrected chi connectivity index (χ1v) is 10.1. The molecule has 3 aromatic rings. The monoisotopic (exact) mass is 485 g/mol. The first kappa shape index (κ1) is 21.3. The van der Waals surface area contributed by atoms with Crippen LogP contribution >= 0.6 is 27.3 Å². The number of rotatable bonds is 7. The molecule has 0 aliphatic heterocycles. The minimum absolute atomic E-state index is 0.00247. The Kier molecular flexibility index (Phi) is 6.86. The lowest BCUT2D eigenvalue weighted by Gasteiger charge is -2.12. The number of amides is 1. The highest BCUT2D eigenvalue weighted by atomic mass is 79.9. The van der Waals surface area contributed by atoms with E-state index in [4.69, 9.17) is 4.74 Å². The Morgan fingerprint density at radius 2 is 2.07 bits per heavy atom. The van der Waals surface area contributed by atoms with Gasteiger partial charge in [0.25, 0.3) is 0 Å². The van der Waals surface area contributed by atoms with Gasteiger partial charge in [0, 0.05) is 33.7 Å². The van der Waals surface area contributed by atoms with Crippen molar-refractivity contribution in [2.45, 2.75) is 19.1 Å². The average molecular weight is 486 g/mol. The molecule has 2 aromatic heterocycles. The Bertz CT molecular complexity index is 995. The van der Waals surface area contributed by atoms with Crippen molar-refractivity contribution in [1.82, 2.24) is 15.3 Å². The summed E-state index contributed by atoms with van der Waals surface area (Å²) in [5.74, 6) is -0.461. The molecule has 0 aliphatic rings. The number of carbonyl (C=O) groups excluding carboxylic acids is 1. The van der Waals surface area contributed by atoms with Gasteiger partial charge in [-0.25, -0.2) is 9.97 Å². The standard InChI is InChI=1S/C19H15BrF3N3O2S/c20-14-5-1-3-12(7-14)18-26-15(10-29-18)8-16(27)25-9-13-4-2-6-24-17(13)28-11-19(21,22)23/h1-7,10H,8-9,11H2,(H,25,27). The highest BCUT2D eigenvalue weighted by Gasteiger charge is 2.29. The van der Waals surface area contributed by atoms with Crippen LogP contribution < -0.4 is 10.1 Å². The number of pyridine rings is 1. The third-order valence-electron chi connectivity index (χ3n) is 3.66. The first-order valence-electron chi connectivity index (χ1n) is 8.40. The fourth-order valence-electron chi connectivity index (χ4n) is 2.40. The summed E-state index contributed by atoms with van der Waals surface area (Å²) in [6.07, 6.45) is -3.08. The average Bonchev–Trinajstić information content (AvgIpc) is 3.13. The van der Waals surface area contributed by atoms with Gasteiger partial charge >= 0.3 is 6.18 Å². The van der Waals surface area contributed by atoms with Gasteiger partial charge in [0.05, 0.1) is 12.1 Å². The fourth-order valence-corrected chi connectivity index (χ4v) is 3.62. The van der Waals surface area contributed by atoms with Crippen LogP contribution in [0.25, 0.3) is 10.6 Å². The van der Waals surface area contributed by atoms with E-state index in [9.17, 15) is 18.0 Å². The molecule has 152 valence electrons. The Balaban J connectivity index is 1.57. The lowest BCUT2D eigenvalue weighted by atomic mass is 10.2. The maximum atomic E-state index is 12.3. The Morgan fingerprint density at radius 3 is 2.83 bits per heavy atom. The Morgan fingerprint density at radius 1 is 1.24 bits per heavy atom. The number of halogens is 4. The van der Waals surface area contributed by atoms with Gasteiger partial charge in [-0.1, -0.05) is 34.1 Å². The zero-order valence-corrected chi connectivity index (χ0v) is 17.3. The molecule has 0 atom stereocenters. The van der Waals surface area contributed by atoms with Gasteiger partial charge in [-0.05, 0) is 18.2 Å². The normalized spacial score (nSPS) is 11.3. The molecular formula is C19H15BrF3N3O2S. The van der Waals surface area contributed by atoms with Gasteiger partial charge in [0.15, 0.2) is 6.61 Å². The number of carbonyl (C=O) groups is 1. The van der Waals surface area contributed by atoms with Crippen LogP contribution in [0.1, 0.15) is 11.3 Å². The summed E-state index contributed by atoms with van der Waals surface area (Å²) >= 11 is 4.84. The number of ether oxygens (including phenoxy) is 1. The second-order valence-electron chi connectivity index (χ2n) is 5.98. The summed E-state index contributed by atoms with van der Waals surface area (Å²) in [7, 11) is 0. The molecule has 0 saturated heterocycles. The van der Waals surface area contributed by atoms with Crippen LogP contribution in [0.15, 0.2) is 52.4 Å². The number of hydrogen-bond donors (Lipinski definition) is 1. The van der Waals surface area contributed by atoms with E-state index in [1.807, 2.05) is 24.3 Å². The SMILES string of the molecule is O=C(Cc1csc(-c2cccc(Br)c2)n1)NCc1cccnc1OCC(F)(F)F. The minimum atomic E-state index is -4.46. The van der Waals surface area contributed by atoms with Crippen molar-refractivity contribution in [2.75, 3.05) is 6.61 Å². The second-order valence-corrected chi connectivity index (χ2v) is 7.75. The third kappa shape index (κ3) is 6.53. The predicted molar refractivity (Wildman–Crippen MR) is 107 cm³/mol. The first-order chi connectivity index (χ1) is 13.8. The molecule has 1 amide bonds. The van der Waals surface area contributed by atoms with Crippen LogP contribution in [-0.4, -0.2) is 28.7 Å². The maximum absolute atomic E-state index is 12.3. The van der Waals surface area contributed by atoms with E-state index in [0.29, 0.717) is 11.3 Å². The molecule has 3 rings (SSSR count). The highest BCUT2D eigenvalue weighted by Crippen LogP contribution is 2.26. The van der Waals surface area contributed by atoms with E-state index in [1.165, 1.54) is 17.5 Å². The van der Waals surface area contributed by atoms with Crippen molar-refractivity contribution in [3.8, 4) is 16.5 Å². The van der Waals surface area contributed by atoms with E-state index in [-0.39, 0.29) is 24.8 Å². The van der Waals surface area contributed by atoms with Crippen molar-refractivity contribution in [3.63, 3.8) is 0 Å². The van der Waals surface area contributed by atoms with Gasteiger partial charge in [0.1, 0.15) is 5.01 Å². The summed E-state index contributed by atoms with van der Waals surface area (Å²) in [6.45, 7) is -1.44. The number of nitrogens with one attached hydrogen (secondary N) is 1. The van der Waals surface area contributed by atoms with E-state index < -0.39 is 12.8 Å². The number of hydrogen-bond acceptors (Lipinski definition) is 5. The van der Waals surface area contributed by atoms with Gasteiger partial charge in [-0.2, -0.15) is 13.2 Å². The van der Waals surface area contributed by atoms with Crippen LogP contribution in [0, 0.1) is 0 Å². The van der Waals surface area contributed by atoms with Crippen LogP contribution in [0.5, 0.6) is 5.88 Å². The molecule has 29 heavy (non-hydrogen) atoms. The summed E-state index contributed by atoms with van der Waals surface area (Å²) in [6, 6.07) is 10.8. The van der Waals surface area contributed by atoms with Gasteiger partial charge < -0.3 is 10.1 Å². The van der Waals surface area contributed by atoms with Gasteiger partial charge in [-0.15, -0.1) is 11.3 Å². The number of aromatic nitrogens is 2. The molecule has 0 saturated carbocycles. The van der Waals surface area contributed by atoms with Crippen LogP contribution in [0.4, 0.5) is 13.2 Å². The molecule has 0 unspecified atom stereocenters. The summed E-state index contributed by atoms with van der Waals surface area (Å²) < 4.78 is 42.7. The van der Waals surface area contributed by atoms with Crippen molar-refractivity contribution < 1.29 is 22.7 Å². The topological polar surface area (TPSA) is 64.1 Å².